The molecule has 5 rings (SSSR count). The molecule has 9 nitrogen and oxygen atoms in total. The van der Waals surface area contributed by atoms with E-state index in [4.69, 9.17) is 42.1 Å². The van der Waals surface area contributed by atoms with E-state index < -0.39 is 42.0 Å². The Kier molecular flexibility index (Phi) is 7.31. The second kappa shape index (κ2) is 10.4. The van der Waals surface area contributed by atoms with Gasteiger partial charge in [0, 0.05) is 17.6 Å². The lowest BCUT2D eigenvalue weighted by molar-refractivity contribution is -0.308. The molecule has 2 aliphatic heterocycles. The topological polar surface area (TPSA) is 105 Å². The van der Waals surface area contributed by atoms with Gasteiger partial charge in [-0.3, -0.25) is 0 Å². The van der Waals surface area contributed by atoms with E-state index in [1.54, 1.807) is 19.2 Å². The molecule has 0 aliphatic carbocycles. The predicted molar refractivity (Wildman–Crippen MR) is 128 cm³/mol. The summed E-state index contributed by atoms with van der Waals surface area (Å²) >= 11 is 13.7. The van der Waals surface area contributed by atoms with E-state index in [9.17, 15) is 9.90 Å². The highest BCUT2D eigenvalue weighted by molar-refractivity contribution is 7.99. The largest absolute Gasteiger partial charge is 0.476 e. The fourth-order valence-corrected chi connectivity index (χ4v) is 5.77. The smallest absolute Gasteiger partial charge is 0.358 e. The van der Waals surface area contributed by atoms with Crippen molar-refractivity contribution in [2.45, 2.75) is 41.0 Å². The monoisotopic (exact) mass is 537 g/mol. The lowest BCUT2D eigenvalue weighted by Crippen LogP contribution is -2.59. The number of aromatic carboxylic acids is 1. The van der Waals surface area contributed by atoms with Crippen LogP contribution in [-0.4, -0.2) is 63.5 Å². The zero-order valence-electron chi connectivity index (χ0n) is 18.4. The van der Waals surface area contributed by atoms with Crippen molar-refractivity contribution < 1.29 is 28.8 Å². The molecule has 12 heteroatoms. The Morgan fingerprint density at radius 2 is 1.97 bits per heavy atom. The maximum Gasteiger partial charge on any atom is 0.358 e. The number of ether oxygens (including phenoxy) is 4. The zero-order chi connectivity index (χ0) is 24.5. The number of carboxylic acid groups (broad SMARTS) is 1. The number of carboxylic acids is 1. The molecule has 0 bridgehead atoms. The maximum absolute atomic E-state index is 11.5. The van der Waals surface area contributed by atoms with Crippen LogP contribution in [0.25, 0.3) is 0 Å². The SMILES string of the molecule is CO[C@@H]1[C@@H](n2cc(C(=O)O)nn2)[C@H]2OC(c3ccccc3)OC[C@H]2O[C@@H]1Sc1ccc(Cl)c(Cl)c1. The molecule has 2 aliphatic rings. The molecule has 6 atom stereocenters. The molecule has 0 spiro atoms. The highest BCUT2D eigenvalue weighted by Gasteiger charge is 2.52. The van der Waals surface area contributed by atoms with Gasteiger partial charge in [-0.25, -0.2) is 9.48 Å². The van der Waals surface area contributed by atoms with Crippen LogP contribution in [0.5, 0.6) is 0 Å². The molecule has 184 valence electrons. The molecule has 1 N–H and O–H groups in total. The Labute approximate surface area is 215 Å². The van der Waals surface area contributed by atoms with Gasteiger partial charge >= 0.3 is 5.97 Å². The molecular formula is C23H21Cl2N3O6S. The number of thioether (sulfide) groups is 1. The van der Waals surface area contributed by atoms with Gasteiger partial charge in [-0.1, -0.05) is 70.5 Å². The fraction of sp³-hybridized carbons (Fsp3) is 0.348. The molecular weight excluding hydrogens is 517 g/mol. The first-order valence-electron chi connectivity index (χ1n) is 10.7. The Hall–Kier alpha value is -2.18. The van der Waals surface area contributed by atoms with Crippen LogP contribution in [0.3, 0.4) is 0 Å². The first-order chi connectivity index (χ1) is 16.9. The zero-order valence-corrected chi connectivity index (χ0v) is 20.7. The number of nitrogens with zero attached hydrogens (tertiary/aromatic N) is 3. The van der Waals surface area contributed by atoms with Crippen LogP contribution in [0, 0.1) is 0 Å². The fourth-order valence-electron chi connectivity index (χ4n) is 4.20. The second-order valence-electron chi connectivity index (χ2n) is 7.99. The molecule has 1 unspecified atom stereocenters. The third kappa shape index (κ3) is 5.05. The minimum absolute atomic E-state index is 0.178. The Morgan fingerprint density at radius 1 is 1.17 bits per heavy atom. The number of methoxy groups -OCH3 is 1. The van der Waals surface area contributed by atoms with Crippen LogP contribution >= 0.6 is 35.0 Å². The van der Waals surface area contributed by atoms with E-state index >= 15 is 0 Å². The van der Waals surface area contributed by atoms with Crippen molar-refractivity contribution >= 4 is 40.9 Å². The van der Waals surface area contributed by atoms with E-state index in [0.29, 0.717) is 10.0 Å². The highest BCUT2D eigenvalue weighted by Crippen LogP contribution is 2.44. The second-order valence-corrected chi connectivity index (χ2v) is 9.98. The normalized spacial score (nSPS) is 28.4. The number of halogens is 2. The molecule has 35 heavy (non-hydrogen) atoms. The summed E-state index contributed by atoms with van der Waals surface area (Å²) in [5, 5.41) is 18.2. The third-order valence-corrected chi connectivity index (χ3v) is 7.71. The molecule has 1 aromatic heterocycles. The highest BCUT2D eigenvalue weighted by atomic mass is 35.5. The van der Waals surface area contributed by atoms with Gasteiger partial charge < -0.3 is 24.1 Å². The summed E-state index contributed by atoms with van der Waals surface area (Å²) in [5.74, 6) is -1.18. The lowest BCUT2D eigenvalue weighted by atomic mass is 9.96. The molecule has 0 saturated carbocycles. The van der Waals surface area contributed by atoms with Crippen LogP contribution in [-0.2, 0) is 18.9 Å². The summed E-state index contributed by atoms with van der Waals surface area (Å²) in [6.45, 7) is 0.260. The van der Waals surface area contributed by atoms with Crippen molar-refractivity contribution in [1.82, 2.24) is 15.0 Å². The van der Waals surface area contributed by atoms with Crippen LogP contribution in [0.2, 0.25) is 10.0 Å². The average Bonchev–Trinajstić information content (AvgIpc) is 3.36. The first kappa shape index (κ1) is 24.5. The van der Waals surface area contributed by atoms with Gasteiger partial charge in [-0.15, -0.1) is 5.10 Å². The number of benzene rings is 2. The van der Waals surface area contributed by atoms with Crippen molar-refractivity contribution in [2.24, 2.45) is 0 Å². The number of hydrogen-bond donors (Lipinski definition) is 1. The molecule has 2 saturated heterocycles. The maximum atomic E-state index is 11.5. The van der Waals surface area contributed by atoms with E-state index in [0.717, 1.165) is 10.5 Å². The number of aromatic nitrogens is 3. The van der Waals surface area contributed by atoms with Crippen molar-refractivity contribution in [3.05, 3.63) is 76.0 Å². The summed E-state index contributed by atoms with van der Waals surface area (Å²) in [6, 6.07) is 14.3. The Morgan fingerprint density at radius 3 is 2.66 bits per heavy atom. The van der Waals surface area contributed by atoms with E-state index in [1.165, 1.54) is 22.6 Å². The number of carbonyl (C=O) groups is 1. The first-order valence-corrected chi connectivity index (χ1v) is 12.3. The Bertz CT molecular complexity index is 1200. The minimum atomic E-state index is -1.18. The number of rotatable bonds is 6. The average molecular weight is 538 g/mol. The molecule has 2 aromatic carbocycles. The van der Waals surface area contributed by atoms with Crippen LogP contribution in [0.15, 0.2) is 59.6 Å². The van der Waals surface area contributed by atoms with Gasteiger partial charge in [0.2, 0.25) is 0 Å². The van der Waals surface area contributed by atoms with Gasteiger partial charge in [-0.2, -0.15) is 0 Å². The quantitative estimate of drug-likeness (QED) is 0.487. The number of fused-ring (bicyclic) bond motifs is 1. The van der Waals surface area contributed by atoms with Crippen molar-refractivity contribution in [3.63, 3.8) is 0 Å². The van der Waals surface area contributed by atoms with E-state index in [1.807, 2.05) is 36.4 Å². The van der Waals surface area contributed by atoms with Gasteiger partial charge in [-0.05, 0) is 18.2 Å². The minimum Gasteiger partial charge on any atom is -0.476 e. The summed E-state index contributed by atoms with van der Waals surface area (Å²) in [7, 11) is 1.56. The third-order valence-electron chi connectivity index (χ3n) is 5.83. The standard InChI is InChI=1S/C23H21Cl2N3O6S/c1-31-20-18(28-10-16(21(29)30)26-27-28)19-17(11-32-22(34-19)12-5-3-2-4-6-12)33-23(20)35-13-7-8-14(24)15(25)9-13/h2-10,17-20,22-23H,11H2,1H3,(H,29,30)/t17-,18+,19+,20-,22?,23-/m1/s1. The molecule has 3 heterocycles. The summed E-state index contributed by atoms with van der Waals surface area (Å²) in [4.78, 5) is 12.3. The molecule has 3 aromatic rings. The summed E-state index contributed by atoms with van der Waals surface area (Å²) in [5.41, 5.74) is 0.167. The van der Waals surface area contributed by atoms with Gasteiger partial charge in [0.05, 0.1) is 22.8 Å². The molecule has 0 amide bonds. The predicted octanol–water partition coefficient (Wildman–Crippen LogP) is 4.47. The van der Waals surface area contributed by atoms with Crippen LogP contribution < -0.4 is 0 Å². The van der Waals surface area contributed by atoms with Crippen LogP contribution in [0.4, 0.5) is 0 Å². The van der Waals surface area contributed by atoms with Crippen molar-refractivity contribution in [2.75, 3.05) is 13.7 Å². The van der Waals surface area contributed by atoms with Crippen molar-refractivity contribution in [1.29, 1.82) is 0 Å². The van der Waals surface area contributed by atoms with Gasteiger partial charge in [0.25, 0.3) is 0 Å². The Balaban J connectivity index is 1.48. The van der Waals surface area contributed by atoms with Gasteiger partial charge in [0.15, 0.2) is 12.0 Å². The van der Waals surface area contributed by atoms with Crippen LogP contribution in [0.1, 0.15) is 28.4 Å². The number of hydrogen-bond acceptors (Lipinski definition) is 8. The molecule has 0 radical (unpaired) electrons. The van der Waals surface area contributed by atoms with E-state index in [2.05, 4.69) is 10.3 Å². The summed E-state index contributed by atoms with van der Waals surface area (Å²) < 4.78 is 26.1. The summed E-state index contributed by atoms with van der Waals surface area (Å²) in [6.07, 6.45) is -0.841. The molecule has 2 fully saturated rings. The van der Waals surface area contributed by atoms with Gasteiger partial charge in [0.1, 0.15) is 29.8 Å². The van der Waals surface area contributed by atoms with E-state index in [-0.39, 0.29) is 12.3 Å². The lowest BCUT2D eigenvalue weighted by Gasteiger charge is -2.48. The van der Waals surface area contributed by atoms with Crippen molar-refractivity contribution in [3.8, 4) is 0 Å².